The van der Waals surface area contributed by atoms with Crippen molar-refractivity contribution in [3.63, 3.8) is 0 Å². The molecule has 0 spiro atoms. The monoisotopic (exact) mass is 178 g/mol. The van der Waals surface area contributed by atoms with Crippen molar-refractivity contribution >= 4 is 0 Å². The second kappa shape index (κ2) is 10.8. The molecule has 0 aliphatic carbocycles. The molecule has 0 saturated heterocycles. The molecular weight excluding hydrogens is 159 g/mol. The van der Waals surface area contributed by atoms with Crippen molar-refractivity contribution in [3.05, 3.63) is 0 Å². The van der Waals surface area contributed by atoms with Gasteiger partial charge in [-0.3, -0.25) is 0 Å². The third-order valence-electron chi connectivity index (χ3n) is 1.53. The van der Waals surface area contributed by atoms with Gasteiger partial charge in [-0.2, -0.15) is 5.54 Å². The largest absolute Gasteiger partial charge is 0.381 e. The molecule has 0 aromatic carbocycles. The van der Waals surface area contributed by atoms with Gasteiger partial charge in [-0.25, -0.2) is 0 Å². The molecule has 0 atom stereocenters. The van der Waals surface area contributed by atoms with E-state index in [2.05, 4.69) is 5.32 Å². The summed E-state index contributed by atoms with van der Waals surface area (Å²) in [5.41, 5.74) is 1.59. The van der Waals surface area contributed by atoms with Crippen LogP contribution in [0.25, 0.3) is 0 Å². The van der Waals surface area contributed by atoms with Gasteiger partial charge in [-0.1, -0.05) is 0 Å². The van der Waals surface area contributed by atoms with Crippen molar-refractivity contribution in [2.24, 2.45) is 0 Å². The summed E-state index contributed by atoms with van der Waals surface area (Å²) >= 11 is 0. The van der Waals surface area contributed by atoms with Gasteiger partial charge in [-0.15, -0.1) is 4.48 Å². The number of halogens is 1. The fourth-order valence-corrected chi connectivity index (χ4v) is 0.849. The SMILES string of the molecule is CNCCCCOCCCNF. The Bertz CT molecular complexity index is 73.5. The van der Waals surface area contributed by atoms with E-state index in [0.717, 1.165) is 32.4 Å². The number of ether oxygens (including phenoxy) is 1. The topological polar surface area (TPSA) is 33.3 Å². The first-order valence-corrected chi connectivity index (χ1v) is 4.47. The second-order valence-electron chi connectivity index (χ2n) is 2.66. The van der Waals surface area contributed by atoms with Crippen molar-refractivity contribution in [1.29, 1.82) is 0 Å². The molecule has 0 aliphatic heterocycles. The van der Waals surface area contributed by atoms with E-state index in [1.807, 2.05) is 7.05 Å². The highest BCUT2D eigenvalue weighted by molar-refractivity contribution is 4.42. The smallest absolute Gasteiger partial charge is 0.0479 e. The molecule has 0 aromatic rings. The molecule has 0 radical (unpaired) electrons. The molecule has 0 unspecified atom stereocenters. The Labute approximate surface area is 73.6 Å². The van der Waals surface area contributed by atoms with E-state index in [1.54, 1.807) is 5.54 Å². The van der Waals surface area contributed by atoms with E-state index in [4.69, 9.17) is 4.74 Å². The third-order valence-corrected chi connectivity index (χ3v) is 1.53. The Morgan fingerprint density at radius 3 is 2.50 bits per heavy atom. The normalized spacial score (nSPS) is 10.5. The van der Waals surface area contributed by atoms with Crippen molar-refractivity contribution in [2.75, 3.05) is 33.4 Å². The Hall–Kier alpha value is -0.190. The fourth-order valence-electron chi connectivity index (χ4n) is 0.849. The Balaban J connectivity index is 2.73. The predicted molar refractivity (Wildman–Crippen MR) is 47.7 cm³/mol. The average Bonchev–Trinajstić information content (AvgIpc) is 2.10. The van der Waals surface area contributed by atoms with Crippen molar-refractivity contribution < 1.29 is 9.22 Å². The minimum Gasteiger partial charge on any atom is -0.381 e. The maximum atomic E-state index is 11.4. The number of rotatable bonds is 9. The summed E-state index contributed by atoms with van der Waals surface area (Å²) in [6.07, 6.45) is 2.95. The lowest BCUT2D eigenvalue weighted by molar-refractivity contribution is 0.124. The molecule has 4 heteroatoms. The summed E-state index contributed by atoms with van der Waals surface area (Å²) in [4.78, 5) is 0. The summed E-state index contributed by atoms with van der Waals surface area (Å²) < 4.78 is 16.6. The van der Waals surface area contributed by atoms with Crippen LogP contribution in [-0.4, -0.2) is 33.4 Å². The predicted octanol–water partition coefficient (Wildman–Crippen LogP) is 0.867. The molecule has 0 amide bonds. The van der Waals surface area contributed by atoms with E-state index >= 15 is 0 Å². The molecule has 0 aromatic heterocycles. The quantitative estimate of drug-likeness (QED) is 0.406. The molecule has 0 saturated carbocycles. The molecule has 0 bridgehead atoms. The Morgan fingerprint density at radius 2 is 1.83 bits per heavy atom. The second-order valence-corrected chi connectivity index (χ2v) is 2.66. The van der Waals surface area contributed by atoms with Gasteiger partial charge in [0.05, 0.1) is 0 Å². The van der Waals surface area contributed by atoms with Crippen LogP contribution < -0.4 is 10.9 Å². The van der Waals surface area contributed by atoms with Crippen LogP contribution in [0.1, 0.15) is 19.3 Å². The molecule has 0 fully saturated rings. The van der Waals surface area contributed by atoms with Crippen LogP contribution in [0.4, 0.5) is 4.48 Å². The number of hydrogen-bond acceptors (Lipinski definition) is 3. The van der Waals surface area contributed by atoms with E-state index in [0.29, 0.717) is 13.2 Å². The maximum Gasteiger partial charge on any atom is 0.0479 e. The van der Waals surface area contributed by atoms with Crippen LogP contribution in [0.3, 0.4) is 0 Å². The zero-order valence-corrected chi connectivity index (χ0v) is 7.74. The lowest BCUT2D eigenvalue weighted by Crippen LogP contribution is -2.10. The van der Waals surface area contributed by atoms with Crippen molar-refractivity contribution in [2.45, 2.75) is 19.3 Å². The van der Waals surface area contributed by atoms with Crippen LogP contribution in [0.5, 0.6) is 0 Å². The molecule has 2 N–H and O–H groups in total. The highest BCUT2D eigenvalue weighted by Crippen LogP contribution is 1.89. The first-order chi connectivity index (χ1) is 5.91. The molecular formula is C8H19FN2O. The lowest BCUT2D eigenvalue weighted by atomic mass is 10.3. The van der Waals surface area contributed by atoms with Gasteiger partial charge >= 0.3 is 0 Å². The molecule has 0 aliphatic rings. The van der Waals surface area contributed by atoms with Gasteiger partial charge in [0, 0.05) is 19.8 Å². The van der Waals surface area contributed by atoms with Gasteiger partial charge in [-0.05, 0) is 32.9 Å². The standard InChI is InChI=1S/C8H19FN2O/c1-10-5-2-3-7-12-8-4-6-11-9/h10-11H,2-8H2,1H3. The van der Waals surface area contributed by atoms with Crippen LogP contribution in [0.15, 0.2) is 0 Å². The molecule has 0 rings (SSSR count). The van der Waals surface area contributed by atoms with Crippen LogP contribution in [0.2, 0.25) is 0 Å². The number of hydrogen-bond donors (Lipinski definition) is 2. The van der Waals surface area contributed by atoms with Crippen LogP contribution >= 0.6 is 0 Å². The van der Waals surface area contributed by atoms with Crippen molar-refractivity contribution in [3.8, 4) is 0 Å². The van der Waals surface area contributed by atoms with Gasteiger partial charge in [0.2, 0.25) is 0 Å². The van der Waals surface area contributed by atoms with E-state index in [1.165, 1.54) is 0 Å². The number of nitrogens with one attached hydrogen (secondary N) is 2. The summed E-state index contributed by atoms with van der Waals surface area (Å²) in [5.74, 6) is 0. The summed E-state index contributed by atoms with van der Waals surface area (Å²) in [6, 6.07) is 0. The Morgan fingerprint density at radius 1 is 1.08 bits per heavy atom. The minimum absolute atomic E-state index is 0.385. The van der Waals surface area contributed by atoms with Gasteiger partial charge < -0.3 is 10.1 Å². The third kappa shape index (κ3) is 9.81. The molecule has 0 heterocycles. The first kappa shape index (κ1) is 11.8. The lowest BCUT2D eigenvalue weighted by Gasteiger charge is -2.02. The van der Waals surface area contributed by atoms with E-state index in [-0.39, 0.29) is 0 Å². The summed E-state index contributed by atoms with van der Waals surface area (Å²) in [6.45, 7) is 2.86. The number of unbranched alkanes of at least 4 members (excludes halogenated alkanes) is 1. The zero-order chi connectivity index (χ0) is 9.07. The maximum absolute atomic E-state index is 11.4. The van der Waals surface area contributed by atoms with Gasteiger partial charge in [0.25, 0.3) is 0 Å². The highest BCUT2D eigenvalue weighted by atomic mass is 19.2. The van der Waals surface area contributed by atoms with Crippen molar-refractivity contribution in [1.82, 2.24) is 10.9 Å². The zero-order valence-electron chi connectivity index (χ0n) is 7.74. The average molecular weight is 178 g/mol. The first-order valence-electron chi connectivity index (χ1n) is 4.47. The molecule has 12 heavy (non-hydrogen) atoms. The highest BCUT2D eigenvalue weighted by Gasteiger charge is 1.89. The summed E-state index contributed by atoms with van der Waals surface area (Å²) in [5, 5.41) is 3.06. The van der Waals surface area contributed by atoms with E-state index < -0.39 is 0 Å². The van der Waals surface area contributed by atoms with Crippen LogP contribution in [-0.2, 0) is 4.74 Å². The van der Waals surface area contributed by atoms with E-state index in [9.17, 15) is 4.48 Å². The van der Waals surface area contributed by atoms with Gasteiger partial charge in [0.15, 0.2) is 0 Å². The van der Waals surface area contributed by atoms with Gasteiger partial charge in [0.1, 0.15) is 0 Å². The molecule has 3 nitrogen and oxygen atoms in total. The fraction of sp³-hybridized carbons (Fsp3) is 1.00. The molecule has 74 valence electrons. The minimum atomic E-state index is 0.385. The summed E-state index contributed by atoms with van der Waals surface area (Å²) in [7, 11) is 1.94. The van der Waals surface area contributed by atoms with Crippen LogP contribution in [0, 0.1) is 0 Å². The Kier molecular flexibility index (Phi) is 10.6.